The van der Waals surface area contributed by atoms with Crippen LogP contribution in [0.4, 0.5) is 5.82 Å². The molecule has 2 rings (SSSR count). The number of nitrogens with zero attached hydrogens (tertiary/aromatic N) is 2. The van der Waals surface area contributed by atoms with Crippen LogP contribution in [0.1, 0.15) is 25.0 Å². The van der Waals surface area contributed by atoms with Gasteiger partial charge in [-0.2, -0.15) is 0 Å². The topological polar surface area (TPSA) is 58.0 Å². The summed E-state index contributed by atoms with van der Waals surface area (Å²) in [6, 6.07) is 0. The molecule has 14 heavy (non-hydrogen) atoms. The van der Waals surface area contributed by atoms with Crippen molar-refractivity contribution in [3.8, 4) is 0 Å². The molecular weight excluding hydrogens is 178 g/mol. The van der Waals surface area contributed by atoms with Gasteiger partial charge in [-0.15, -0.1) is 0 Å². The van der Waals surface area contributed by atoms with Crippen LogP contribution in [-0.4, -0.2) is 27.2 Å². The first kappa shape index (κ1) is 9.40. The first-order valence-corrected chi connectivity index (χ1v) is 4.93. The van der Waals surface area contributed by atoms with Crippen molar-refractivity contribution in [2.75, 3.05) is 11.9 Å². The van der Waals surface area contributed by atoms with Gasteiger partial charge in [0.05, 0.1) is 17.5 Å². The van der Waals surface area contributed by atoms with E-state index in [0.29, 0.717) is 6.54 Å². The summed E-state index contributed by atoms with van der Waals surface area (Å²) in [5, 5.41) is 12.9. The molecule has 0 aliphatic heterocycles. The zero-order valence-electron chi connectivity index (χ0n) is 8.32. The van der Waals surface area contributed by atoms with Gasteiger partial charge in [-0.1, -0.05) is 0 Å². The lowest BCUT2D eigenvalue weighted by Crippen LogP contribution is -2.43. The van der Waals surface area contributed by atoms with Crippen molar-refractivity contribution in [3.63, 3.8) is 0 Å². The maximum Gasteiger partial charge on any atom is 0.144 e. The summed E-state index contributed by atoms with van der Waals surface area (Å²) >= 11 is 0. The molecular formula is C10H15N3O. The maximum atomic E-state index is 9.83. The molecule has 1 saturated carbocycles. The van der Waals surface area contributed by atoms with Gasteiger partial charge < -0.3 is 10.4 Å². The van der Waals surface area contributed by atoms with Gasteiger partial charge in [-0.05, 0) is 26.2 Å². The van der Waals surface area contributed by atoms with E-state index in [9.17, 15) is 5.11 Å². The molecule has 0 radical (unpaired) electrons. The van der Waals surface area contributed by atoms with Gasteiger partial charge in [0.15, 0.2) is 0 Å². The van der Waals surface area contributed by atoms with E-state index >= 15 is 0 Å². The van der Waals surface area contributed by atoms with Crippen LogP contribution in [0, 0.1) is 6.92 Å². The van der Waals surface area contributed by atoms with E-state index in [0.717, 1.165) is 30.8 Å². The minimum absolute atomic E-state index is 0.509. The average molecular weight is 193 g/mol. The van der Waals surface area contributed by atoms with Crippen LogP contribution in [0.15, 0.2) is 12.4 Å². The molecule has 1 aromatic rings. The number of anilines is 1. The van der Waals surface area contributed by atoms with Gasteiger partial charge in [0.2, 0.25) is 0 Å². The minimum atomic E-state index is -0.509. The predicted octanol–water partition coefficient (Wildman–Crippen LogP) is 1.11. The fourth-order valence-electron chi connectivity index (χ4n) is 1.57. The Hall–Kier alpha value is -1.16. The predicted molar refractivity (Wildman–Crippen MR) is 54.1 cm³/mol. The Labute approximate surface area is 83.4 Å². The van der Waals surface area contributed by atoms with E-state index in [1.54, 1.807) is 12.4 Å². The molecule has 0 unspecified atom stereocenters. The second-order valence-corrected chi connectivity index (χ2v) is 3.98. The summed E-state index contributed by atoms with van der Waals surface area (Å²) in [4.78, 5) is 8.27. The fourth-order valence-corrected chi connectivity index (χ4v) is 1.57. The average Bonchev–Trinajstić information content (AvgIpc) is 2.12. The van der Waals surface area contributed by atoms with E-state index < -0.39 is 5.60 Å². The Morgan fingerprint density at radius 3 is 2.86 bits per heavy atom. The molecule has 4 nitrogen and oxygen atoms in total. The highest BCUT2D eigenvalue weighted by atomic mass is 16.3. The number of hydrogen-bond donors (Lipinski definition) is 2. The summed E-state index contributed by atoms with van der Waals surface area (Å²) < 4.78 is 0. The summed E-state index contributed by atoms with van der Waals surface area (Å²) in [7, 11) is 0. The van der Waals surface area contributed by atoms with Crippen molar-refractivity contribution in [1.29, 1.82) is 0 Å². The lowest BCUT2D eigenvalue weighted by molar-refractivity contribution is -0.0202. The quantitative estimate of drug-likeness (QED) is 0.755. The number of aryl methyl sites for hydroxylation is 1. The van der Waals surface area contributed by atoms with Crippen molar-refractivity contribution >= 4 is 5.82 Å². The first-order valence-electron chi connectivity index (χ1n) is 4.93. The van der Waals surface area contributed by atoms with E-state index in [-0.39, 0.29) is 0 Å². The van der Waals surface area contributed by atoms with Gasteiger partial charge in [0, 0.05) is 12.7 Å². The Morgan fingerprint density at radius 2 is 2.29 bits per heavy atom. The number of aromatic nitrogens is 2. The van der Waals surface area contributed by atoms with Gasteiger partial charge in [-0.3, -0.25) is 4.98 Å². The van der Waals surface area contributed by atoms with Crippen LogP contribution in [-0.2, 0) is 0 Å². The number of rotatable bonds is 3. The third kappa shape index (κ3) is 2.01. The van der Waals surface area contributed by atoms with E-state index in [4.69, 9.17) is 0 Å². The Bertz CT molecular complexity index is 323. The molecule has 4 heteroatoms. The molecule has 1 aliphatic rings. The first-order chi connectivity index (χ1) is 6.68. The highest BCUT2D eigenvalue weighted by Crippen LogP contribution is 2.31. The van der Waals surface area contributed by atoms with Crippen LogP contribution in [0.5, 0.6) is 0 Å². The highest BCUT2D eigenvalue weighted by molar-refractivity contribution is 5.32. The summed E-state index contributed by atoms with van der Waals surface area (Å²) in [5.74, 6) is 0.741. The second kappa shape index (κ2) is 3.53. The molecule has 1 heterocycles. The Morgan fingerprint density at radius 1 is 1.50 bits per heavy atom. The molecule has 2 N–H and O–H groups in total. The summed E-state index contributed by atoms with van der Waals surface area (Å²) in [6.07, 6.45) is 6.29. The lowest BCUT2D eigenvalue weighted by Gasteiger charge is -2.36. The fraction of sp³-hybridized carbons (Fsp3) is 0.600. The standard InChI is InChI=1S/C10H15N3O/c1-8-5-11-6-9(13-8)12-7-10(14)3-2-4-10/h5-6,14H,2-4,7H2,1H3,(H,12,13). The molecule has 1 aromatic heterocycles. The Balaban J connectivity index is 1.91. The molecule has 1 aliphatic carbocycles. The number of hydrogen-bond acceptors (Lipinski definition) is 4. The zero-order valence-corrected chi connectivity index (χ0v) is 8.32. The molecule has 76 valence electrons. The van der Waals surface area contributed by atoms with E-state index in [1.807, 2.05) is 6.92 Å². The van der Waals surface area contributed by atoms with Crippen molar-refractivity contribution in [1.82, 2.24) is 9.97 Å². The highest BCUT2D eigenvalue weighted by Gasteiger charge is 2.33. The third-order valence-corrected chi connectivity index (χ3v) is 2.64. The lowest BCUT2D eigenvalue weighted by atomic mass is 9.80. The molecule has 0 spiro atoms. The number of nitrogens with one attached hydrogen (secondary N) is 1. The largest absolute Gasteiger partial charge is 0.388 e. The van der Waals surface area contributed by atoms with Crippen LogP contribution in [0.25, 0.3) is 0 Å². The van der Waals surface area contributed by atoms with Crippen molar-refractivity contribution in [2.24, 2.45) is 0 Å². The van der Waals surface area contributed by atoms with Crippen LogP contribution < -0.4 is 5.32 Å². The second-order valence-electron chi connectivity index (χ2n) is 3.98. The van der Waals surface area contributed by atoms with Gasteiger partial charge >= 0.3 is 0 Å². The maximum absolute atomic E-state index is 9.83. The zero-order chi connectivity index (χ0) is 10.0. The molecule has 0 bridgehead atoms. The van der Waals surface area contributed by atoms with E-state index in [2.05, 4.69) is 15.3 Å². The molecule has 0 saturated heterocycles. The molecule has 0 amide bonds. The smallest absolute Gasteiger partial charge is 0.144 e. The SMILES string of the molecule is Cc1cncc(NCC2(O)CCC2)n1. The van der Waals surface area contributed by atoms with Crippen LogP contribution in [0.2, 0.25) is 0 Å². The molecule has 0 atom stereocenters. The van der Waals surface area contributed by atoms with Gasteiger partial charge in [-0.25, -0.2) is 4.98 Å². The van der Waals surface area contributed by atoms with Crippen molar-refractivity contribution in [3.05, 3.63) is 18.1 Å². The monoisotopic (exact) mass is 193 g/mol. The summed E-state index contributed by atoms with van der Waals surface area (Å²) in [6.45, 7) is 2.47. The van der Waals surface area contributed by atoms with Gasteiger partial charge in [0.1, 0.15) is 5.82 Å². The third-order valence-electron chi connectivity index (χ3n) is 2.64. The summed E-state index contributed by atoms with van der Waals surface area (Å²) in [5.41, 5.74) is 0.376. The van der Waals surface area contributed by atoms with Crippen molar-refractivity contribution in [2.45, 2.75) is 31.8 Å². The minimum Gasteiger partial charge on any atom is -0.388 e. The molecule has 0 aromatic carbocycles. The van der Waals surface area contributed by atoms with Gasteiger partial charge in [0.25, 0.3) is 0 Å². The van der Waals surface area contributed by atoms with Crippen LogP contribution in [0.3, 0.4) is 0 Å². The van der Waals surface area contributed by atoms with E-state index in [1.165, 1.54) is 0 Å². The van der Waals surface area contributed by atoms with Crippen molar-refractivity contribution < 1.29 is 5.11 Å². The van der Waals surface area contributed by atoms with Crippen LogP contribution >= 0.6 is 0 Å². The number of aliphatic hydroxyl groups is 1. The normalized spacial score (nSPS) is 18.7. The Kier molecular flexibility index (Phi) is 2.37. The molecule has 1 fully saturated rings.